The Bertz CT molecular complexity index is 808. The number of rotatable bonds is 1. The summed E-state index contributed by atoms with van der Waals surface area (Å²) in [6, 6.07) is 13.6. The number of aromatic amines is 1. The van der Waals surface area contributed by atoms with Crippen molar-refractivity contribution >= 4 is 26.7 Å². The molecule has 0 saturated carbocycles. The topological polar surface area (TPSA) is 32.9 Å². The predicted octanol–water partition coefficient (Wildman–Crippen LogP) is 4.10. The Balaban J connectivity index is 2.29. The van der Waals surface area contributed by atoms with Crippen LogP contribution in [0.15, 0.2) is 57.8 Å². The van der Waals surface area contributed by atoms with Gasteiger partial charge in [-0.05, 0) is 35.9 Å². The van der Waals surface area contributed by atoms with Gasteiger partial charge in [-0.1, -0.05) is 34.1 Å². The molecule has 0 atom stereocenters. The molecule has 4 heteroatoms. The Morgan fingerprint density at radius 3 is 2.47 bits per heavy atom. The van der Waals surface area contributed by atoms with Crippen LogP contribution in [0.5, 0.6) is 0 Å². The minimum Gasteiger partial charge on any atom is -0.321 e. The molecule has 19 heavy (non-hydrogen) atoms. The summed E-state index contributed by atoms with van der Waals surface area (Å²) in [6.07, 6.45) is 0. The molecule has 0 amide bonds. The van der Waals surface area contributed by atoms with Crippen molar-refractivity contribution in [3.05, 3.63) is 69.2 Å². The van der Waals surface area contributed by atoms with E-state index in [4.69, 9.17) is 0 Å². The molecular formula is C15H9BrFNO. The lowest BCUT2D eigenvalue weighted by Gasteiger charge is -2.05. The summed E-state index contributed by atoms with van der Waals surface area (Å²) < 4.78 is 14.7. The number of nitrogens with one attached hydrogen (secondary N) is 1. The van der Waals surface area contributed by atoms with E-state index in [1.54, 1.807) is 12.1 Å². The molecule has 94 valence electrons. The number of aromatic nitrogens is 1. The normalized spacial score (nSPS) is 10.8. The van der Waals surface area contributed by atoms with Gasteiger partial charge in [0.1, 0.15) is 5.82 Å². The molecule has 1 N–H and O–H groups in total. The van der Waals surface area contributed by atoms with Crippen LogP contribution >= 0.6 is 15.9 Å². The third-order valence-corrected chi connectivity index (χ3v) is 3.52. The molecular weight excluding hydrogens is 309 g/mol. The zero-order valence-electron chi connectivity index (χ0n) is 9.78. The number of hydrogen-bond acceptors (Lipinski definition) is 1. The maximum Gasteiger partial charge on any atom is 0.256 e. The van der Waals surface area contributed by atoms with E-state index in [0.29, 0.717) is 16.5 Å². The van der Waals surface area contributed by atoms with Gasteiger partial charge in [0.2, 0.25) is 0 Å². The van der Waals surface area contributed by atoms with Crippen molar-refractivity contribution in [1.82, 2.24) is 4.98 Å². The molecule has 1 heterocycles. The zero-order valence-corrected chi connectivity index (χ0v) is 11.4. The van der Waals surface area contributed by atoms with Gasteiger partial charge in [-0.25, -0.2) is 4.39 Å². The molecule has 3 rings (SSSR count). The number of hydrogen-bond donors (Lipinski definition) is 1. The van der Waals surface area contributed by atoms with E-state index in [1.807, 2.05) is 24.3 Å². The molecule has 2 nitrogen and oxygen atoms in total. The van der Waals surface area contributed by atoms with Crippen LogP contribution in [-0.4, -0.2) is 4.98 Å². The maximum atomic E-state index is 13.8. The summed E-state index contributed by atoms with van der Waals surface area (Å²) in [5.74, 6) is -0.387. The van der Waals surface area contributed by atoms with Crippen molar-refractivity contribution in [3.63, 3.8) is 0 Å². The number of fused-ring (bicyclic) bond motifs is 1. The second kappa shape index (κ2) is 4.63. The number of H-pyrrole nitrogens is 1. The van der Waals surface area contributed by atoms with Crippen LogP contribution in [0.1, 0.15) is 0 Å². The van der Waals surface area contributed by atoms with Crippen LogP contribution in [-0.2, 0) is 0 Å². The third-order valence-electron chi connectivity index (χ3n) is 2.99. The molecule has 0 bridgehead atoms. The van der Waals surface area contributed by atoms with E-state index < -0.39 is 0 Å². The van der Waals surface area contributed by atoms with Gasteiger partial charge in [-0.3, -0.25) is 4.79 Å². The van der Waals surface area contributed by atoms with E-state index in [1.165, 1.54) is 12.1 Å². The standard InChI is InChI=1S/C15H9BrFNO/c16-10-6-4-9(5-7-10)14-8-12-11(15(19)18-14)2-1-3-13(12)17/h1-8H,(H,18,19). The highest BCUT2D eigenvalue weighted by atomic mass is 79.9. The Labute approximate surface area is 117 Å². The van der Waals surface area contributed by atoms with Gasteiger partial charge in [0.25, 0.3) is 5.56 Å². The summed E-state index contributed by atoms with van der Waals surface area (Å²) in [7, 11) is 0. The molecule has 0 spiro atoms. The number of benzene rings is 2. The van der Waals surface area contributed by atoms with Gasteiger partial charge in [0.15, 0.2) is 0 Å². The molecule has 0 aliphatic rings. The minimum atomic E-state index is -0.387. The second-order valence-electron chi connectivity index (χ2n) is 4.22. The van der Waals surface area contributed by atoms with Crippen LogP contribution < -0.4 is 5.56 Å². The molecule has 0 unspecified atom stereocenters. The largest absolute Gasteiger partial charge is 0.321 e. The van der Waals surface area contributed by atoms with Gasteiger partial charge >= 0.3 is 0 Å². The van der Waals surface area contributed by atoms with E-state index in [9.17, 15) is 9.18 Å². The van der Waals surface area contributed by atoms with Gasteiger partial charge in [-0.15, -0.1) is 0 Å². The zero-order chi connectivity index (χ0) is 13.4. The lowest BCUT2D eigenvalue weighted by Crippen LogP contribution is -2.07. The first-order chi connectivity index (χ1) is 9.15. The van der Waals surface area contributed by atoms with Crippen molar-refractivity contribution < 1.29 is 4.39 Å². The highest BCUT2D eigenvalue weighted by molar-refractivity contribution is 9.10. The quantitative estimate of drug-likeness (QED) is 0.720. The van der Waals surface area contributed by atoms with E-state index in [-0.39, 0.29) is 11.4 Å². The lowest BCUT2D eigenvalue weighted by molar-refractivity contribution is 0.639. The minimum absolute atomic E-state index is 0.282. The van der Waals surface area contributed by atoms with Crippen LogP contribution in [0, 0.1) is 5.82 Å². The average molecular weight is 318 g/mol. The Morgan fingerprint density at radius 2 is 1.74 bits per heavy atom. The van der Waals surface area contributed by atoms with Crippen LogP contribution in [0.4, 0.5) is 4.39 Å². The Morgan fingerprint density at radius 1 is 1.00 bits per heavy atom. The Kier molecular flexibility index (Phi) is 2.95. The first kappa shape index (κ1) is 12.1. The van der Waals surface area contributed by atoms with Gasteiger partial charge in [-0.2, -0.15) is 0 Å². The summed E-state index contributed by atoms with van der Waals surface area (Å²) in [6.45, 7) is 0. The smallest absolute Gasteiger partial charge is 0.256 e. The highest BCUT2D eigenvalue weighted by Crippen LogP contribution is 2.23. The van der Waals surface area contributed by atoms with Crippen molar-refractivity contribution in [1.29, 1.82) is 0 Å². The fourth-order valence-corrected chi connectivity index (χ4v) is 2.30. The predicted molar refractivity (Wildman–Crippen MR) is 77.7 cm³/mol. The van der Waals surface area contributed by atoms with Gasteiger partial charge < -0.3 is 4.98 Å². The molecule has 1 aromatic heterocycles. The second-order valence-corrected chi connectivity index (χ2v) is 5.14. The molecule has 0 fully saturated rings. The molecule has 3 aromatic rings. The first-order valence-corrected chi connectivity index (χ1v) is 6.52. The SMILES string of the molecule is O=c1[nH]c(-c2ccc(Br)cc2)cc2c(F)cccc12. The molecule has 0 aliphatic heterocycles. The monoisotopic (exact) mass is 317 g/mol. The molecule has 0 aliphatic carbocycles. The van der Waals surface area contributed by atoms with Crippen LogP contribution in [0.2, 0.25) is 0 Å². The van der Waals surface area contributed by atoms with Crippen molar-refractivity contribution in [2.24, 2.45) is 0 Å². The van der Waals surface area contributed by atoms with Crippen molar-refractivity contribution in [3.8, 4) is 11.3 Å². The maximum absolute atomic E-state index is 13.8. The third kappa shape index (κ3) is 2.19. The van der Waals surface area contributed by atoms with Crippen LogP contribution in [0.25, 0.3) is 22.0 Å². The van der Waals surface area contributed by atoms with Crippen LogP contribution in [0.3, 0.4) is 0 Å². The summed E-state index contributed by atoms with van der Waals surface area (Å²) in [5.41, 5.74) is 1.16. The Hall–Kier alpha value is -1.94. The fraction of sp³-hybridized carbons (Fsp3) is 0. The number of halogens is 2. The summed E-state index contributed by atoms with van der Waals surface area (Å²) >= 11 is 3.35. The van der Waals surface area contributed by atoms with Crippen molar-refractivity contribution in [2.75, 3.05) is 0 Å². The van der Waals surface area contributed by atoms with E-state index in [0.717, 1.165) is 10.0 Å². The molecule has 2 aromatic carbocycles. The number of pyridine rings is 1. The average Bonchev–Trinajstić information content (AvgIpc) is 2.41. The summed E-state index contributed by atoms with van der Waals surface area (Å²) in [5, 5.41) is 0.699. The first-order valence-electron chi connectivity index (χ1n) is 5.72. The van der Waals surface area contributed by atoms with Crippen molar-refractivity contribution in [2.45, 2.75) is 0 Å². The fourth-order valence-electron chi connectivity index (χ4n) is 2.04. The molecule has 0 radical (unpaired) electrons. The highest BCUT2D eigenvalue weighted by Gasteiger charge is 2.07. The lowest BCUT2D eigenvalue weighted by atomic mass is 10.1. The van der Waals surface area contributed by atoms with E-state index >= 15 is 0 Å². The van der Waals surface area contributed by atoms with E-state index in [2.05, 4.69) is 20.9 Å². The van der Waals surface area contributed by atoms with Gasteiger partial charge in [0, 0.05) is 20.9 Å². The molecule has 0 saturated heterocycles. The van der Waals surface area contributed by atoms with Gasteiger partial charge in [0.05, 0.1) is 0 Å². The summed E-state index contributed by atoms with van der Waals surface area (Å²) in [4.78, 5) is 14.7.